The van der Waals surface area contributed by atoms with Crippen LogP contribution < -0.4 is 5.32 Å². The Bertz CT molecular complexity index is 627. The third-order valence-corrected chi connectivity index (χ3v) is 2.63. The highest BCUT2D eigenvalue weighted by atomic mass is 16.4. The van der Waals surface area contributed by atoms with E-state index in [0.717, 1.165) is 0 Å². The van der Waals surface area contributed by atoms with Crippen molar-refractivity contribution in [2.45, 2.75) is 13.5 Å². The van der Waals surface area contributed by atoms with E-state index in [1.807, 2.05) is 0 Å². The van der Waals surface area contributed by atoms with E-state index in [0.29, 0.717) is 17.1 Å². The first kappa shape index (κ1) is 12.9. The highest BCUT2D eigenvalue weighted by Crippen LogP contribution is 2.13. The van der Waals surface area contributed by atoms with Gasteiger partial charge in [-0.25, -0.2) is 0 Å². The van der Waals surface area contributed by atoms with Crippen molar-refractivity contribution in [1.29, 1.82) is 0 Å². The molecule has 0 aromatic carbocycles. The van der Waals surface area contributed by atoms with Gasteiger partial charge in [-0.1, -0.05) is 0 Å². The minimum absolute atomic E-state index is 0.248. The van der Waals surface area contributed by atoms with E-state index in [-0.39, 0.29) is 12.5 Å². The van der Waals surface area contributed by atoms with Crippen LogP contribution in [0.5, 0.6) is 0 Å². The van der Waals surface area contributed by atoms with Crippen LogP contribution in [0.1, 0.15) is 16.2 Å². The predicted octanol–water partition coefficient (Wildman–Crippen LogP) is 0.867. The predicted molar refractivity (Wildman–Crippen MR) is 68.0 cm³/mol. The molecule has 0 bridgehead atoms. The first-order chi connectivity index (χ1) is 8.97. The van der Waals surface area contributed by atoms with Gasteiger partial charge >= 0.3 is 5.97 Å². The summed E-state index contributed by atoms with van der Waals surface area (Å²) in [7, 11) is 1.76. The van der Waals surface area contributed by atoms with Gasteiger partial charge in [0, 0.05) is 19.4 Å². The molecule has 1 amide bonds. The maximum Gasteiger partial charge on any atom is 0.323 e. The van der Waals surface area contributed by atoms with Crippen molar-refractivity contribution >= 4 is 17.6 Å². The van der Waals surface area contributed by atoms with Gasteiger partial charge in [-0.2, -0.15) is 5.10 Å². The van der Waals surface area contributed by atoms with Crippen LogP contribution in [0, 0.1) is 6.92 Å². The average molecular weight is 262 g/mol. The Labute approximate surface area is 109 Å². The summed E-state index contributed by atoms with van der Waals surface area (Å²) in [5, 5.41) is 15.6. The summed E-state index contributed by atoms with van der Waals surface area (Å²) >= 11 is 0. The fraction of sp³-hybridized carbons (Fsp3) is 0.250. The van der Waals surface area contributed by atoms with E-state index >= 15 is 0 Å². The highest BCUT2D eigenvalue weighted by Gasteiger charge is 2.14. The molecule has 0 radical (unpaired) electrons. The van der Waals surface area contributed by atoms with Crippen LogP contribution in [-0.4, -0.2) is 31.3 Å². The van der Waals surface area contributed by atoms with Crippen molar-refractivity contribution in [3.05, 3.63) is 35.9 Å². The smallest absolute Gasteiger partial charge is 0.323 e. The molecule has 0 spiro atoms. The highest BCUT2D eigenvalue weighted by molar-refractivity contribution is 6.03. The minimum atomic E-state index is -0.997. The zero-order chi connectivity index (χ0) is 14.0. The van der Waals surface area contributed by atoms with Crippen molar-refractivity contribution < 1.29 is 14.7 Å². The Morgan fingerprint density at radius 1 is 1.47 bits per heavy atom. The summed E-state index contributed by atoms with van der Waals surface area (Å²) in [4.78, 5) is 22.8. The lowest BCUT2D eigenvalue weighted by atomic mass is 10.3. The van der Waals surface area contributed by atoms with Gasteiger partial charge in [-0.3, -0.25) is 14.3 Å². The molecule has 0 saturated carbocycles. The lowest BCUT2D eigenvalue weighted by molar-refractivity contribution is -0.137. The fourth-order valence-electron chi connectivity index (χ4n) is 1.81. The zero-order valence-electron chi connectivity index (χ0n) is 10.6. The number of aromatic nitrogens is 3. The number of carbonyl (C=O) groups is 2. The van der Waals surface area contributed by atoms with Gasteiger partial charge in [0.1, 0.15) is 12.2 Å². The van der Waals surface area contributed by atoms with Crippen molar-refractivity contribution in [1.82, 2.24) is 14.3 Å². The van der Waals surface area contributed by atoms with Crippen molar-refractivity contribution in [2.24, 2.45) is 7.05 Å². The standard InChI is InChI=1S/C12H14N4O3/c1-8-9(6-15(2)14-8)13-12(19)10-4-3-5-16(10)7-11(17)18/h3-6H,7H2,1-2H3,(H,13,19)(H,17,18). The quantitative estimate of drug-likeness (QED) is 0.855. The molecule has 100 valence electrons. The molecule has 2 aromatic rings. The first-order valence-corrected chi connectivity index (χ1v) is 5.66. The number of aryl methyl sites for hydroxylation is 2. The average Bonchev–Trinajstić information content (AvgIpc) is 2.85. The lowest BCUT2D eigenvalue weighted by Crippen LogP contribution is -2.19. The lowest BCUT2D eigenvalue weighted by Gasteiger charge is -2.07. The summed E-state index contributed by atoms with van der Waals surface area (Å²) in [5.74, 6) is -1.36. The number of rotatable bonds is 4. The van der Waals surface area contributed by atoms with E-state index < -0.39 is 5.97 Å². The molecular formula is C12H14N4O3. The first-order valence-electron chi connectivity index (χ1n) is 5.66. The van der Waals surface area contributed by atoms with Gasteiger partial charge in [0.2, 0.25) is 0 Å². The fourth-order valence-corrected chi connectivity index (χ4v) is 1.81. The molecule has 2 aromatic heterocycles. The van der Waals surface area contributed by atoms with Crippen molar-refractivity contribution in [3.8, 4) is 0 Å². The molecule has 7 heteroatoms. The van der Waals surface area contributed by atoms with Gasteiger partial charge in [0.15, 0.2) is 0 Å². The molecule has 0 fully saturated rings. The SMILES string of the molecule is Cc1nn(C)cc1NC(=O)c1cccn1CC(=O)O. The van der Waals surface area contributed by atoms with E-state index in [9.17, 15) is 9.59 Å². The molecule has 2 heterocycles. The number of hydrogen-bond donors (Lipinski definition) is 2. The molecular weight excluding hydrogens is 248 g/mol. The van der Waals surface area contributed by atoms with Crippen LogP contribution in [-0.2, 0) is 18.4 Å². The van der Waals surface area contributed by atoms with E-state index in [2.05, 4.69) is 10.4 Å². The van der Waals surface area contributed by atoms with E-state index in [1.165, 1.54) is 4.57 Å². The normalized spacial score (nSPS) is 10.4. The van der Waals surface area contributed by atoms with Gasteiger partial charge in [0.25, 0.3) is 5.91 Å². The summed E-state index contributed by atoms with van der Waals surface area (Å²) in [6.07, 6.45) is 3.25. The van der Waals surface area contributed by atoms with Gasteiger partial charge in [-0.15, -0.1) is 0 Å². The molecule has 2 N–H and O–H groups in total. The van der Waals surface area contributed by atoms with E-state index in [1.54, 1.807) is 43.2 Å². The van der Waals surface area contributed by atoms with Crippen LogP contribution in [0.25, 0.3) is 0 Å². The monoisotopic (exact) mass is 262 g/mol. The van der Waals surface area contributed by atoms with Crippen LogP contribution >= 0.6 is 0 Å². The molecule has 2 rings (SSSR count). The van der Waals surface area contributed by atoms with Gasteiger partial charge < -0.3 is 15.0 Å². The number of anilines is 1. The summed E-state index contributed by atoms with van der Waals surface area (Å²) in [6.45, 7) is 1.54. The third kappa shape index (κ3) is 2.82. The van der Waals surface area contributed by atoms with Crippen LogP contribution in [0.15, 0.2) is 24.5 Å². The Morgan fingerprint density at radius 2 is 2.21 bits per heavy atom. The molecule has 0 saturated heterocycles. The largest absolute Gasteiger partial charge is 0.480 e. The Balaban J connectivity index is 2.18. The minimum Gasteiger partial charge on any atom is -0.480 e. The second kappa shape index (κ2) is 4.97. The number of nitrogens with one attached hydrogen (secondary N) is 1. The molecule has 0 aliphatic carbocycles. The van der Waals surface area contributed by atoms with Gasteiger partial charge in [-0.05, 0) is 19.1 Å². The number of carboxylic acid groups (broad SMARTS) is 1. The number of nitrogens with zero attached hydrogens (tertiary/aromatic N) is 3. The molecule has 7 nitrogen and oxygen atoms in total. The Kier molecular flexibility index (Phi) is 3.37. The van der Waals surface area contributed by atoms with Gasteiger partial charge in [0.05, 0.1) is 11.4 Å². The second-order valence-electron chi connectivity index (χ2n) is 4.17. The number of hydrogen-bond acceptors (Lipinski definition) is 3. The van der Waals surface area contributed by atoms with Crippen molar-refractivity contribution in [2.75, 3.05) is 5.32 Å². The summed E-state index contributed by atoms with van der Waals surface area (Å²) in [6, 6.07) is 3.21. The maximum absolute atomic E-state index is 12.1. The number of carboxylic acids is 1. The molecule has 19 heavy (non-hydrogen) atoms. The van der Waals surface area contributed by atoms with Crippen LogP contribution in [0.2, 0.25) is 0 Å². The Morgan fingerprint density at radius 3 is 2.79 bits per heavy atom. The maximum atomic E-state index is 12.1. The molecule has 0 aliphatic rings. The Hall–Kier alpha value is -2.57. The zero-order valence-corrected chi connectivity index (χ0v) is 10.6. The van der Waals surface area contributed by atoms with E-state index in [4.69, 9.17) is 5.11 Å². The topological polar surface area (TPSA) is 89.2 Å². The second-order valence-corrected chi connectivity index (χ2v) is 4.17. The molecule has 0 unspecified atom stereocenters. The van der Waals surface area contributed by atoms with Crippen LogP contribution in [0.4, 0.5) is 5.69 Å². The molecule has 0 atom stereocenters. The summed E-state index contributed by atoms with van der Waals surface area (Å²) < 4.78 is 2.98. The number of aliphatic carboxylic acids is 1. The van der Waals surface area contributed by atoms with Crippen molar-refractivity contribution in [3.63, 3.8) is 0 Å². The third-order valence-electron chi connectivity index (χ3n) is 2.63. The van der Waals surface area contributed by atoms with Crippen LogP contribution in [0.3, 0.4) is 0 Å². The number of amides is 1. The summed E-state index contributed by atoms with van der Waals surface area (Å²) in [5.41, 5.74) is 1.61. The molecule has 0 aliphatic heterocycles. The number of carbonyl (C=O) groups excluding carboxylic acids is 1.